The first-order chi connectivity index (χ1) is 10.3. The first-order valence-corrected chi connectivity index (χ1v) is 7.29. The maximum Gasteiger partial charge on any atom is 0.150 e. The number of fused-ring (bicyclic) bond motifs is 1. The molecule has 2 heterocycles. The Hall–Kier alpha value is -2.14. The molecule has 3 rings (SSSR count). The molecule has 0 amide bonds. The molecule has 0 bridgehead atoms. The van der Waals surface area contributed by atoms with Gasteiger partial charge in [-0.3, -0.25) is 4.90 Å². The van der Waals surface area contributed by atoms with Gasteiger partial charge in [-0.25, -0.2) is 4.98 Å². The summed E-state index contributed by atoms with van der Waals surface area (Å²) in [5.74, 6) is 0.921. The summed E-state index contributed by atoms with van der Waals surface area (Å²) >= 11 is 0. The van der Waals surface area contributed by atoms with Crippen molar-refractivity contribution in [2.24, 2.45) is 0 Å². The number of likely N-dealkylation sites (N-methyl/N-ethyl adjacent to an activating group) is 1. The third-order valence-corrected chi connectivity index (χ3v) is 3.65. The number of nitrogens with zero attached hydrogens (tertiary/aromatic N) is 4. The Labute approximate surface area is 124 Å². The highest BCUT2D eigenvalue weighted by atomic mass is 16.5. The third-order valence-electron chi connectivity index (χ3n) is 3.65. The molecule has 5 heteroatoms. The largest absolute Gasteiger partial charge is 0.360 e. The molecule has 3 aromatic rings. The van der Waals surface area contributed by atoms with Crippen LogP contribution in [0.5, 0.6) is 0 Å². The van der Waals surface area contributed by atoms with Crippen LogP contribution in [0.4, 0.5) is 0 Å². The zero-order chi connectivity index (χ0) is 14.7. The van der Waals surface area contributed by atoms with Crippen molar-refractivity contribution < 1.29 is 4.52 Å². The van der Waals surface area contributed by atoms with E-state index in [1.807, 2.05) is 30.6 Å². The van der Waals surface area contributed by atoms with Gasteiger partial charge in [0.25, 0.3) is 0 Å². The lowest BCUT2D eigenvalue weighted by atomic mass is 10.3. The molecule has 0 unspecified atom stereocenters. The van der Waals surface area contributed by atoms with Crippen molar-refractivity contribution in [3.05, 3.63) is 48.1 Å². The van der Waals surface area contributed by atoms with Crippen molar-refractivity contribution >= 4 is 11.0 Å². The molecule has 0 N–H and O–H groups in total. The minimum Gasteiger partial charge on any atom is -0.360 e. The molecule has 110 valence electrons. The zero-order valence-electron chi connectivity index (χ0n) is 12.5. The van der Waals surface area contributed by atoms with Crippen molar-refractivity contribution in [2.45, 2.75) is 26.4 Å². The summed E-state index contributed by atoms with van der Waals surface area (Å²) in [5, 5.41) is 4.02. The Morgan fingerprint density at radius 3 is 2.95 bits per heavy atom. The Balaban J connectivity index is 1.59. The smallest absolute Gasteiger partial charge is 0.150 e. The molecule has 0 aliphatic rings. The SMILES string of the molecule is CCc1cc(CN(C)CCn2cnc3ccccc32)on1. The zero-order valence-corrected chi connectivity index (χ0v) is 12.5. The van der Waals surface area contributed by atoms with E-state index in [1.165, 1.54) is 5.52 Å². The lowest BCUT2D eigenvalue weighted by Gasteiger charge is -2.15. The van der Waals surface area contributed by atoms with Crippen LogP contribution in [0, 0.1) is 0 Å². The normalized spacial score (nSPS) is 11.6. The van der Waals surface area contributed by atoms with E-state index in [2.05, 4.69) is 39.6 Å². The summed E-state index contributed by atoms with van der Waals surface area (Å²) in [4.78, 5) is 6.64. The number of rotatable bonds is 6. The molecule has 0 saturated carbocycles. The third kappa shape index (κ3) is 3.13. The van der Waals surface area contributed by atoms with Crippen molar-refractivity contribution in [1.82, 2.24) is 19.6 Å². The van der Waals surface area contributed by atoms with Crippen molar-refractivity contribution in [3.63, 3.8) is 0 Å². The predicted octanol–water partition coefficient (Wildman–Crippen LogP) is 2.72. The lowest BCUT2D eigenvalue weighted by molar-refractivity contribution is 0.264. The van der Waals surface area contributed by atoms with Gasteiger partial charge >= 0.3 is 0 Å². The number of aromatic nitrogens is 3. The molecule has 21 heavy (non-hydrogen) atoms. The Morgan fingerprint density at radius 2 is 2.14 bits per heavy atom. The summed E-state index contributed by atoms with van der Waals surface area (Å²) in [6.45, 7) is 4.70. The maximum atomic E-state index is 5.32. The summed E-state index contributed by atoms with van der Waals surface area (Å²) in [6.07, 6.45) is 2.82. The summed E-state index contributed by atoms with van der Waals surface area (Å²) in [7, 11) is 2.09. The number of imidazole rings is 1. The van der Waals surface area contributed by atoms with Gasteiger partial charge in [0.05, 0.1) is 29.6 Å². The van der Waals surface area contributed by atoms with Crippen LogP contribution in [-0.2, 0) is 19.5 Å². The highest BCUT2D eigenvalue weighted by Crippen LogP contribution is 2.12. The van der Waals surface area contributed by atoms with E-state index < -0.39 is 0 Å². The van der Waals surface area contributed by atoms with E-state index in [-0.39, 0.29) is 0 Å². The van der Waals surface area contributed by atoms with Crippen LogP contribution in [0.25, 0.3) is 11.0 Å². The molecule has 0 aliphatic carbocycles. The number of aryl methyl sites for hydroxylation is 1. The highest BCUT2D eigenvalue weighted by molar-refractivity contribution is 5.74. The van der Waals surface area contributed by atoms with Gasteiger partial charge in [-0.1, -0.05) is 24.2 Å². The fraction of sp³-hybridized carbons (Fsp3) is 0.375. The van der Waals surface area contributed by atoms with Crippen LogP contribution in [0.1, 0.15) is 18.4 Å². The van der Waals surface area contributed by atoms with E-state index in [4.69, 9.17) is 4.52 Å². The van der Waals surface area contributed by atoms with Gasteiger partial charge in [0.1, 0.15) is 0 Å². The van der Waals surface area contributed by atoms with Gasteiger partial charge in [-0.05, 0) is 25.6 Å². The minimum atomic E-state index is 0.777. The van der Waals surface area contributed by atoms with Crippen LogP contribution in [0.15, 0.2) is 41.2 Å². The molecular weight excluding hydrogens is 264 g/mol. The minimum absolute atomic E-state index is 0.777. The molecule has 0 saturated heterocycles. The lowest BCUT2D eigenvalue weighted by Crippen LogP contribution is -2.22. The fourth-order valence-electron chi connectivity index (χ4n) is 2.41. The number of benzene rings is 1. The predicted molar refractivity (Wildman–Crippen MR) is 81.9 cm³/mol. The molecule has 0 radical (unpaired) electrons. The van der Waals surface area contributed by atoms with Gasteiger partial charge < -0.3 is 9.09 Å². The molecule has 1 aromatic carbocycles. The van der Waals surface area contributed by atoms with Gasteiger partial charge in [-0.15, -0.1) is 0 Å². The quantitative estimate of drug-likeness (QED) is 0.698. The van der Waals surface area contributed by atoms with Crippen LogP contribution in [0.3, 0.4) is 0 Å². The van der Waals surface area contributed by atoms with E-state index in [9.17, 15) is 0 Å². The second-order valence-corrected chi connectivity index (χ2v) is 5.30. The molecule has 2 aromatic heterocycles. The van der Waals surface area contributed by atoms with Crippen molar-refractivity contribution in [3.8, 4) is 0 Å². The van der Waals surface area contributed by atoms with E-state index >= 15 is 0 Å². The van der Waals surface area contributed by atoms with Crippen LogP contribution < -0.4 is 0 Å². The number of para-hydroxylation sites is 2. The maximum absolute atomic E-state index is 5.32. The first kappa shape index (κ1) is 13.8. The molecule has 0 fully saturated rings. The monoisotopic (exact) mass is 284 g/mol. The Morgan fingerprint density at radius 1 is 1.29 bits per heavy atom. The Bertz CT molecular complexity index is 716. The number of hydrogen-bond acceptors (Lipinski definition) is 4. The summed E-state index contributed by atoms with van der Waals surface area (Å²) in [6, 6.07) is 10.2. The van der Waals surface area contributed by atoms with Crippen LogP contribution in [-0.4, -0.2) is 33.2 Å². The van der Waals surface area contributed by atoms with Crippen molar-refractivity contribution in [1.29, 1.82) is 0 Å². The molecule has 5 nitrogen and oxygen atoms in total. The standard InChI is InChI=1S/C16H20N4O/c1-3-13-10-14(21-18-13)11-19(2)8-9-20-12-17-15-6-4-5-7-16(15)20/h4-7,10,12H,3,8-9,11H2,1-2H3. The fourth-order valence-corrected chi connectivity index (χ4v) is 2.41. The van der Waals surface area contributed by atoms with Crippen LogP contribution in [0.2, 0.25) is 0 Å². The molecule has 0 aliphatic heterocycles. The van der Waals surface area contributed by atoms with Crippen molar-refractivity contribution in [2.75, 3.05) is 13.6 Å². The second-order valence-electron chi connectivity index (χ2n) is 5.30. The van der Waals surface area contributed by atoms with E-state index in [0.29, 0.717) is 0 Å². The van der Waals surface area contributed by atoms with E-state index in [0.717, 1.165) is 43.0 Å². The highest BCUT2D eigenvalue weighted by Gasteiger charge is 2.07. The average Bonchev–Trinajstić information content (AvgIpc) is 3.11. The van der Waals surface area contributed by atoms with Gasteiger partial charge in [-0.2, -0.15) is 0 Å². The first-order valence-electron chi connectivity index (χ1n) is 7.29. The summed E-state index contributed by atoms with van der Waals surface area (Å²) < 4.78 is 7.51. The molecule has 0 atom stereocenters. The molecule has 0 spiro atoms. The van der Waals surface area contributed by atoms with Gasteiger partial charge in [0.15, 0.2) is 5.76 Å². The Kier molecular flexibility index (Phi) is 4.01. The second kappa shape index (κ2) is 6.10. The van der Waals surface area contributed by atoms with Gasteiger partial charge in [0.2, 0.25) is 0 Å². The topological polar surface area (TPSA) is 47.1 Å². The van der Waals surface area contributed by atoms with Crippen LogP contribution >= 0.6 is 0 Å². The average molecular weight is 284 g/mol. The van der Waals surface area contributed by atoms with E-state index in [1.54, 1.807) is 0 Å². The number of hydrogen-bond donors (Lipinski definition) is 0. The summed E-state index contributed by atoms with van der Waals surface area (Å²) in [5.41, 5.74) is 3.24. The van der Waals surface area contributed by atoms with Gasteiger partial charge in [0, 0.05) is 19.2 Å². The molecular formula is C16H20N4O.